The van der Waals surface area contributed by atoms with Crippen LogP contribution >= 0.6 is 23.1 Å². The number of aromatic nitrogens is 2. The van der Waals surface area contributed by atoms with E-state index in [0.717, 1.165) is 16.6 Å². The summed E-state index contributed by atoms with van der Waals surface area (Å²) in [6.07, 6.45) is 2.66. The Bertz CT molecular complexity index is 376. The lowest BCUT2D eigenvalue weighted by molar-refractivity contribution is -0.114. The number of carbonyl (C=O) groups is 1. The molecule has 1 saturated heterocycles. The lowest BCUT2D eigenvalue weighted by atomic mass is 10.4. The van der Waals surface area contributed by atoms with E-state index in [1.165, 1.54) is 44.2 Å². The van der Waals surface area contributed by atoms with E-state index in [2.05, 4.69) is 20.4 Å². The Morgan fingerprint density at radius 1 is 1.47 bits per heavy atom. The van der Waals surface area contributed by atoms with Crippen LogP contribution in [0.5, 0.6) is 0 Å². The van der Waals surface area contributed by atoms with Crippen LogP contribution in [0, 0.1) is 0 Å². The Labute approximate surface area is 109 Å². The van der Waals surface area contributed by atoms with E-state index >= 15 is 0 Å². The van der Waals surface area contributed by atoms with Gasteiger partial charge >= 0.3 is 0 Å². The van der Waals surface area contributed by atoms with Crippen molar-refractivity contribution in [1.29, 1.82) is 0 Å². The maximum Gasteiger partial charge on any atom is 0.223 e. The van der Waals surface area contributed by atoms with Gasteiger partial charge in [-0.3, -0.25) is 4.79 Å². The first-order chi connectivity index (χ1) is 8.24. The average Bonchev–Trinajstić information content (AvgIpc) is 2.89. The summed E-state index contributed by atoms with van der Waals surface area (Å²) in [5.74, 6) is 0.934. The number of rotatable bonds is 5. The van der Waals surface area contributed by atoms with Crippen LogP contribution in [0.3, 0.4) is 0 Å². The molecule has 2 rings (SSSR count). The number of nitrogens with one attached hydrogen (secondary N) is 1. The molecule has 0 aromatic carbocycles. The van der Waals surface area contributed by atoms with Gasteiger partial charge in [-0.1, -0.05) is 23.1 Å². The van der Waals surface area contributed by atoms with Crippen LogP contribution in [-0.4, -0.2) is 46.4 Å². The van der Waals surface area contributed by atoms with Crippen molar-refractivity contribution in [2.45, 2.75) is 24.1 Å². The zero-order valence-electron chi connectivity index (χ0n) is 9.81. The molecule has 0 spiro atoms. The summed E-state index contributed by atoms with van der Waals surface area (Å²) in [4.78, 5) is 13.3. The number of amides is 1. The molecule has 0 bridgehead atoms. The second-order valence-corrected chi connectivity index (χ2v) is 6.27. The standard InChI is InChI=1S/C10H16N4OS2/c1-8(15)11-9-12-13-10(17-9)16-7-6-14-4-2-3-5-14/h2-7H2,1H3,(H,11,12,15). The van der Waals surface area contributed by atoms with E-state index in [-0.39, 0.29) is 5.91 Å². The fraction of sp³-hybridized carbons (Fsp3) is 0.700. The predicted octanol–water partition coefficient (Wildman–Crippen LogP) is 1.68. The third-order valence-corrected chi connectivity index (χ3v) is 4.47. The third kappa shape index (κ3) is 4.25. The molecule has 94 valence electrons. The van der Waals surface area contributed by atoms with E-state index in [4.69, 9.17) is 0 Å². The number of anilines is 1. The molecule has 0 atom stereocenters. The van der Waals surface area contributed by atoms with Crippen LogP contribution in [0.4, 0.5) is 5.13 Å². The van der Waals surface area contributed by atoms with Crippen molar-refractivity contribution >= 4 is 34.1 Å². The molecule has 0 saturated carbocycles. The minimum absolute atomic E-state index is 0.102. The topological polar surface area (TPSA) is 58.1 Å². The van der Waals surface area contributed by atoms with Crippen molar-refractivity contribution in [1.82, 2.24) is 15.1 Å². The first-order valence-corrected chi connectivity index (χ1v) is 7.50. The zero-order valence-corrected chi connectivity index (χ0v) is 11.4. The van der Waals surface area contributed by atoms with Crippen LogP contribution in [0.15, 0.2) is 4.34 Å². The monoisotopic (exact) mass is 272 g/mol. The van der Waals surface area contributed by atoms with Crippen LogP contribution in [0.25, 0.3) is 0 Å². The quantitative estimate of drug-likeness (QED) is 0.653. The van der Waals surface area contributed by atoms with Crippen LogP contribution in [0.1, 0.15) is 19.8 Å². The molecule has 2 heterocycles. The molecule has 7 heteroatoms. The Kier molecular flexibility index (Phi) is 4.75. The van der Waals surface area contributed by atoms with Crippen molar-refractivity contribution in [2.75, 3.05) is 30.7 Å². The van der Waals surface area contributed by atoms with E-state index in [9.17, 15) is 4.79 Å². The van der Waals surface area contributed by atoms with Crippen molar-refractivity contribution < 1.29 is 4.79 Å². The Morgan fingerprint density at radius 2 is 2.24 bits per heavy atom. The van der Waals surface area contributed by atoms with Crippen molar-refractivity contribution in [3.05, 3.63) is 0 Å². The minimum Gasteiger partial charge on any atom is -0.303 e. The van der Waals surface area contributed by atoms with Gasteiger partial charge in [0.25, 0.3) is 0 Å². The molecule has 5 nitrogen and oxygen atoms in total. The maximum absolute atomic E-state index is 10.8. The number of hydrogen-bond donors (Lipinski definition) is 1. The second-order valence-electron chi connectivity index (χ2n) is 3.95. The molecule has 1 aliphatic rings. The lowest BCUT2D eigenvalue weighted by Gasteiger charge is -2.12. The van der Waals surface area contributed by atoms with Gasteiger partial charge in [0.05, 0.1) is 0 Å². The summed E-state index contributed by atoms with van der Waals surface area (Å²) in [5.41, 5.74) is 0. The molecular formula is C10H16N4OS2. The van der Waals surface area contributed by atoms with Crippen molar-refractivity contribution in [2.24, 2.45) is 0 Å². The van der Waals surface area contributed by atoms with Crippen molar-refractivity contribution in [3.8, 4) is 0 Å². The first kappa shape index (κ1) is 12.8. The van der Waals surface area contributed by atoms with Crippen LogP contribution in [-0.2, 0) is 4.79 Å². The lowest BCUT2D eigenvalue weighted by Crippen LogP contribution is -2.21. The molecule has 17 heavy (non-hydrogen) atoms. The largest absolute Gasteiger partial charge is 0.303 e. The van der Waals surface area contributed by atoms with Gasteiger partial charge in [0.1, 0.15) is 0 Å². The van der Waals surface area contributed by atoms with Gasteiger partial charge in [0.15, 0.2) is 4.34 Å². The van der Waals surface area contributed by atoms with E-state index in [0.29, 0.717) is 5.13 Å². The summed E-state index contributed by atoms with van der Waals surface area (Å²) in [6.45, 7) is 5.04. The molecule has 1 amide bonds. The minimum atomic E-state index is -0.102. The van der Waals surface area contributed by atoms with Gasteiger partial charge in [-0.05, 0) is 25.9 Å². The second kappa shape index (κ2) is 6.32. The molecule has 1 aromatic heterocycles. The zero-order chi connectivity index (χ0) is 12.1. The summed E-state index contributed by atoms with van der Waals surface area (Å²) in [6, 6.07) is 0. The third-order valence-electron chi connectivity index (χ3n) is 2.52. The van der Waals surface area contributed by atoms with Gasteiger partial charge in [-0.15, -0.1) is 10.2 Å². The number of likely N-dealkylation sites (tertiary alicyclic amines) is 1. The van der Waals surface area contributed by atoms with E-state index in [1.54, 1.807) is 11.8 Å². The molecule has 1 fully saturated rings. The van der Waals surface area contributed by atoms with Gasteiger partial charge in [-0.25, -0.2) is 0 Å². The van der Waals surface area contributed by atoms with E-state index < -0.39 is 0 Å². The Morgan fingerprint density at radius 3 is 2.94 bits per heavy atom. The van der Waals surface area contributed by atoms with Gasteiger partial charge in [0, 0.05) is 19.2 Å². The Balaban J connectivity index is 1.71. The summed E-state index contributed by atoms with van der Waals surface area (Å²) in [7, 11) is 0. The number of carbonyl (C=O) groups excluding carboxylic acids is 1. The molecule has 1 N–H and O–H groups in total. The van der Waals surface area contributed by atoms with Crippen LogP contribution < -0.4 is 5.32 Å². The fourth-order valence-electron chi connectivity index (χ4n) is 1.74. The number of nitrogens with zero attached hydrogens (tertiary/aromatic N) is 3. The number of thioether (sulfide) groups is 1. The van der Waals surface area contributed by atoms with Gasteiger partial charge in [-0.2, -0.15) is 0 Å². The summed E-state index contributed by atoms with van der Waals surface area (Å²) in [5, 5.41) is 11.2. The first-order valence-electron chi connectivity index (χ1n) is 5.70. The molecule has 0 radical (unpaired) electrons. The molecule has 0 unspecified atom stereocenters. The molecule has 0 aliphatic carbocycles. The highest BCUT2D eigenvalue weighted by Crippen LogP contribution is 2.25. The molecule has 1 aromatic rings. The van der Waals surface area contributed by atoms with Crippen molar-refractivity contribution in [3.63, 3.8) is 0 Å². The Hall–Kier alpha value is -0.660. The summed E-state index contributed by atoms with van der Waals surface area (Å²) >= 11 is 3.14. The highest BCUT2D eigenvalue weighted by Gasteiger charge is 2.11. The highest BCUT2D eigenvalue weighted by molar-refractivity contribution is 8.01. The summed E-state index contributed by atoms with van der Waals surface area (Å²) < 4.78 is 0.924. The molecule has 1 aliphatic heterocycles. The maximum atomic E-state index is 10.8. The highest BCUT2D eigenvalue weighted by atomic mass is 32.2. The number of hydrogen-bond acceptors (Lipinski definition) is 6. The van der Waals surface area contributed by atoms with E-state index in [1.807, 2.05) is 0 Å². The van der Waals surface area contributed by atoms with Gasteiger partial charge < -0.3 is 10.2 Å². The average molecular weight is 272 g/mol. The fourth-order valence-corrected chi connectivity index (χ4v) is 3.61. The predicted molar refractivity (Wildman–Crippen MR) is 70.6 cm³/mol. The van der Waals surface area contributed by atoms with Crippen LogP contribution in [0.2, 0.25) is 0 Å². The SMILES string of the molecule is CC(=O)Nc1nnc(SCCN2CCCC2)s1. The smallest absolute Gasteiger partial charge is 0.223 e. The van der Waals surface area contributed by atoms with Gasteiger partial charge in [0.2, 0.25) is 11.0 Å². The normalized spacial score (nSPS) is 16.3. The molecular weight excluding hydrogens is 256 g/mol.